The van der Waals surface area contributed by atoms with E-state index < -0.39 is 12.0 Å². The number of nitrogens with one attached hydrogen (secondary N) is 1. The van der Waals surface area contributed by atoms with E-state index in [2.05, 4.69) is 10.3 Å². The van der Waals surface area contributed by atoms with Gasteiger partial charge in [0.2, 0.25) is 5.89 Å². The molecule has 0 fully saturated rings. The zero-order valence-electron chi connectivity index (χ0n) is 9.96. The summed E-state index contributed by atoms with van der Waals surface area (Å²) in [5.74, 6) is 0.252. The van der Waals surface area contributed by atoms with Crippen LogP contribution in [0.25, 0.3) is 11.3 Å². The summed E-state index contributed by atoms with van der Waals surface area (Å²) in [6.07, 6.45) is 1.64. The first-order valence-corrected chi connectivity index (χ1v) is 5.63. The van der Waals surface area contributed by atoms with Gasteiger partial charge < -0.3 is 9.52 Å². The third-order valence-corrected chi connectivity index (χ3v) is 2.54. The van der Waals surface area contributed by atoms with Crippen molar-refractivity contribution in [2.45, 2.75) is 19.5 Å². The standard InChI is InChI=1S/C13H14N2O3/c1-9(13(16)17)14-8-12-15-7-11(18-12)10-5-3-2-4-6-10/h2-7,9,14H,8H2,1H3,(H,16,17). The molecule has 2 N–H and O–H groups in total. The molecule has 94 valence electrons. The lowest BCUT2D eigenvalue weighted by Gasteiger charge is -2.05. The van der Waals surface area contributed by atoms with Crippen molar-refractivity contribution in [3.63, 3.8) is 0 Å². The molecule has 0 saturated heterocycles. The largest absolute Gasteiger partial charge is 0.480 e. The lowest BCUT2D eigenvalue weighted by Crippen LogP contribution is -2.33. The van der Waals surface area contributed by atoms with Crippen molar-refractivity contribution < 1.29 is 14.3 Å². The monoisotopic (exact) mass is 246 g/mol. The molecule has 1 unspecified atom stereocenters. The number of carbonyl (C=O) groups is 1. The highest BCUT2D eigenvalue weighted by molar-refractivity contribution is 5.72. The van der Waals surface area contributed by atoms with Crippen molar-refractivity contribution in [2.75, 3.05) is 0 Å². The fourth-order valence-electron chi connectivity index (χ4n) is 1.46. The van der Waals surface area contributed by atoms with Gasteiger partial charge in [-0.15, -0.1) is 0 Å². The minimum atomic E-state index is -0.898. The third kappa shape index (κ3) is 2.95. The first-order valence-electron chi connectivity index (χ1n) is 5.63. The molecule has 2 aromatic rings. The molecule has 18 heavy (non-hydrogen) atoms. The first kappa shape index (κ1) is 12.3. The Morgan fingerprint density at radius 1 is 1.44 bits per heavy atom. The minimum absolute atomic E-state index is 0.292. The summed E-state index contributed by atoms with van der Waals surface area (Å²) in [5.41, 5.74) is 0.947. The maximum atomic E-state index is 10.6. The molecule has 5 heteroatoms. The van der Waals surface area contributed by atoms with Crippen molar-refractivity contribution in [1.82, 2.24) is 10.3 Å². The fraction of sp³-hybridized carbons (Fsp3) is 0.231. The molecule has 1 aromatic carbocycles. The van der Waals surface area contributed by atoms with Gasteiger partial charge >= 0.3 is 5.97 Å². The van der Waals surface area contributed by atoms with Gasteiger partial charge in [0.05, 0.1) is 12.7 Å². The van der Waals surface area contributed by atoms with Gasteiger partial charge in [-0.1, -0.05) is 30.3 Å². The average Bonchev–Trinajstić information content (AvgIpc) is 2.85. The van der Waals surface area contributed by atoms with Gasteiger partial charge in [-0.25, -0.2) is 4.98 Å². The zero-order chi connectivity index (χ0) is 13.0. The van der Waals surface area contributed by atoms with Gasteiger partial charge in [0.25, 0.3) is 0 Å². The normalized spacial score (nSPS) is 12.3. The molecule has 0 aliphatic heterocycles. The van der Waals surface area contributed by atoms with Crippen LogP contribution in [0.5, 0.6) is 0 Å². The van der Waals surface area contributed by atoms with Crippen molar-refractivity contribution in [2.24, 2.45) is 0 Å². The number of hydrogen-bond acceptors (Lipinski definition) is 4. The molecule has 1 atom stereocenters. The third-order valence-electron chi connectivity index (χ3n) is 2.54. The number of aliphatic carboxylic acids is 1. The van der Waals surface area contributed by atoms with E-state index in [0.717, 1.165) is 5.56 Å². The Morgan fingerprint density at radius 3 is 2.83 bits per heavy atom. The average molecular weight is 246 g/mol. The summed E-state index contributed by atoms with van der Waals surface area (Å²) in [7, 11) is 0. The topological polar surface area (TPSA) is 75.4 Å². The summed E-state index contributed by atoms with van der Waals surface area (Å²) in [4.78, 5) is 14.7. The lowest BCUT2D eigenvalue weighted by molar-refractivity contribution is -0.139. The van der Waals surface area contributed by atoms with Crippen LogP contribution in [0.4, 0.5) is 0 Å². The second-order valence-electron chi connectivity index (χ2n) is 3.93. The Bertz CT molecular complexity index is 522. The van der Waals surface area contributed by atoms with Gasteiger partial charge in [0.1, 0.15) is 6.04 Å². The first-order chi connectivity index (χ1) is 8.66. The van der Waals surface area contributed by atoms with Crippen LogP contribution in [-0.2, 0) is 11.3 Å². The van der Waals surface area contributed by atoms with Gasteiger partial charge in [-0.2, -0.15) is 0 Å². The summed E-state index contributed by atoms with van der Waals surface area (Å²) in [5, 5.41) is 11.5. The Labute approximate surface area is 104 Å². The highest BCUT2D eigenvalue weighted by Gasteiger charge is 2.11. The highest BCUT2D eigenvalue weighted by atomic mass is 16.4. The molecule has 0 bridgehead atoms. The summed E-state index contributed by atoms with van der Waals surface area (Å²) < 4.78 is 5.53. The molecule has 0 aliphatic carbocycles. The van der Waals surface area contributed by atoms with E-state index in [1.54, 1.807) is 13.1 Å². The molecule has 2 rings (SSSR count). The summed E-state index contributed by atoms with van der Waals surface area (Å²) in [6.45, 7) is 1.86. The Balaban J connectivity index is 2.01. The maximum Gasteiger partial charge on any atom is 0.320 e. The molecule has 0 spiro atoms. The number of nitrogens with zero attached hydrogens (tertiary/aromatic N) is 1. The molecule has 0 aliphatic rings. The van der Waals surface area contributed by atoms with Crippen molar-refractivity contribution in [1.29, 1.82) is 0 Å². The maximum absolute atomic E-state index is 10.6. The lowest BCUT2D eigenvalue weighted by atomic mass is 10.2. The predicted molar refractivity (Wildman–Crippen MR) is 65.9 cm³/mol. The SMILES string of the molecule is CC(NCc1ncc(-c2ccccc2)o1)C(=O)O. The number of rotatable bonds is 5. The van der Waals surface area contributed by atoms with Crippen molar-refractivity contribution >= 4 is 5.97 Å². The van der Waals surface area contributed by atoms with E-state index in [-0.39, 0.29) is 0 Å². The van der Waals surface area contributed by atoms with Gasteiger partial charge in [0, 0.05) is 5.56 Å². The van der Waals surface area contributed by atoms with Crippen LogP contribution in [0.3, 0.4) is 0 Å². The van der Waals surface area contributed by atoms with E-state index in [0.29, 0.717) is 18.2 Å². The smallest absolute Gasteiger partial charge is 0.320 e. The Kier molecular flexibility index (Phi) is 3.74. The quantitative estimate of drug-likeness (QED) is 0.842. The molecule has 1 heterocycles. The van der Waals surface area contributed by atoms with Crippen LogP contribution < -0.4 is 5.32 Å². The number of carboxylic acids is 1. The van der Waals surface area contributed by atoms with E-state index in [9.17, 15) is 4.79 Å². The molecular formula is C13H14N2O3. The number of oxazole rings is 1. The van der Waals surface area contributed by atoms with E-state index in [1.807, 2.05) is 30.3 Å². The molecule has 0 amide bonds. The molecule has 0 radical (unpaired) electrons. The zero-order valence-corrected chi connectivity index (χ0v) is 9.96. The number of hydrogen-bond donors (Lipinski definition) is 2. The summed E-state index contributed by atoms with van der Waals surface area (Å²) in [6, 6.07) is 8.99. The van der Waals surface area contributed by atoms with Crippen molar-refractivity contribution in [3.8, 4) is 11.3 Å². The Morgan fingerprint density at radius 2 is 2.17 bits per heavy atom. The predicted octanol–water partition coefficient (Wildman–Crippen LogP) is 1.90. The van der Waals surface area contributed by atoms with Crippen molar-refractivity contribution in [3.05, 3.63) is 42.4 Å². The number of benzene rings is 1. The molecular weight excluding hydrogens is 232 g/mol. The molecule has 0 saturated carbocycles. The van der Waals surface area contributed by atoms with Gasteiger partial charge in [0.15, 0.2) is 5.76 Å². The van der Waals surface area contributed by atoms with Crippen LogP contribution >= 0.6 is 0 Å². The van der Waals surface area contributed by atoms with Crippen LogP contribution in [0, 0.1) is 0 Å². The van der Waals surface area contributed by atoms with Gasteiger partial charge in [-0.3, -0.25) is 10.1 Å². The Hall–Kier alpha value is -2.14. The van der Waals surface area contributed by atoms with Crippen LogP contribution in [0.2, 0.25) is 0 Å². The molecule has 1 aromatic heterocycles. The van der Waals surface area contributed by atoms with Gasteiger partial charge in [-0.05, 0) is 6.92 Å². The second kappa shape index (κ2) is 5.46. The highest BCUT2D eigenvalue weighted by Crippen LogP contribution is 2.19. The minimum Gasteiger partial charge on any atom is -0.480 e. The van der Waals surface area contributed by atoms with Crippen LogP contribution in [-0.4, -0.2) is 22.1 Å². The van der Waals surface area contributed by atoms with E-state index in [4.69, 9.17) is 9.52 Å². The fourth-order valence-corrected chi connectivity index (χ4v) is 1.46. The number of aromatic nitrogens is 1. The second-order valence-corrected chi connectivity index (χ2v) is 3.93. The summed E-state index contributed by atoms with van der Waals surface area (Å²) >= 11 is 0. The number of carboxylic acid groups (broad SMARTS) is 1. The van der Waals surface area contributed by atoms with E-state index >= 15 is 0 Å². The molecule has 5 nitrogen and oxygen atoms in total. The van der Waals surface area contributed by atoms with Crippen LogP contribution in [0.15, 0.2) is 40.9 Å². The van der Waals surface area contributed by atoms with E-state index in [1.165, 1.54) is 0 Å². The van der Waals surface area contributed by atoms with Crippen LogP contribution in [0.1, 0.15) is 12.8 Å².